The van der Waals surface area contributed by atoms with Crippen LogP contribution in [0.2, 0.25) is 0 Å². The van der Waals surface area contributed by atoms with Gasteiger partial charge in [0.05, 0.1) is 6.61 Å². The first kappa shape index (κ1) is 10.7. The van der Waals surface area contributed by atoms with E-state index in [0.717, 1.165) is 13.0 Å². The van der Waals surface area contributed by atoms with Gasteiger partial charge in [0.2, 0.25) is 0 Å². The monoisotopic (exact) mass is 205 g/mol. The first-order valence-electron chi connectivity index (χ1n) is 5.72. The Balaban J connectivity index is 1.96. The van der Waals surface area contributed by atoms with Crippen molar-refractivity contribution in [3.8, 4) is 0 Å². The van der Waals surface area contributed by atoms with Crippen molar-refractivity contribution < 1.29 is 5.11 Å². The standard InChI is InChI=1S/C13H19NO/c1-11-7-8-14(11)13(10-15)9-12-5-3-2-4-6-12/h2-6,11,13,15H,7-10H2,1H3/t11?,13-/m1/s1. The maximum atomic E-state index is 9.40. The summed E-state index contributed by atoms with van der Waals surface area (Å²) >= 11 is 0. The first-order chi connectivity index (χ1) is 7.31. The molecule has 0 radical (unpaired) electrons. The molecule has 1 unspecified atom stereocenters. The molecule has 15 heavy (non-hydrogen) atoms. The molecule has 2 heteroatoms. The summed E-state index contributed by atoms with van der Waals surface area (Å²) < 4.78 is 0. The van der Waals surface area contributed by atoms with Gasteiger partial charge >= 0.3 is 0 Å². The minimum Gasteiger partial charge on any atom is -0.395 e. The predicted molar refractivity (Wildman–Crippen MR) is 61.8 cm³/mol. The first-order valence-corrected chi connectivity index (χ1v) is 5.72. The van der Waals surface area contributed by atoms with Crippen LogP contribution in [0.1, 0.15) is 18.9 Å². The second-order valence-corrected chi connectivity index (χ2v) is 4.40. The summed E-state index contributed by atoms with van der Waals surface area (Å²) in [5.41, 5.74) is 1.32. The lowest BCUT2D eigenvalue weighted by Gasteiger charge is -2.44. The van der Waals surface area contributed by atoms with Gasteiger partial charge in [0.1, 0.15) is 0 Å². The number of nitrogens with zero attached hydrogens (tertiary/aromatic N) is 1. The van der Waals surface area contributed by atoms with Gasteiger partial charge in [0.25, 0.3) is 0 Å². The van der Waals surface area contributed by atoms with Crippen LogP contribution in [0.25, 0.3) is 0 Å². The zero-order valence-electron chi connectivity index (χ0n) is 9.26. The van der Waals surface area contributed by atoms with Crippen LogP contribution in [0.15, 0.2) is 30.3 Å². The average molecular weight is 205 g/mol. The van der Waals surface area contributed by atoms with E-state index in [2.05, 4.69) is 36.1 Å². The quantitative estimate of drug-likeness (QED) is 0.808. The van der Waals surface area contributed by atoms with Gasteiger partial charge in [0.15, 0.2) is 0 Å². The van der Waals surface area contributed by atoms with Crippen LogP contribution in [-0.4, -0.2) is 35.2 Å². The molecule has 1 aromatic rings. The van der Waals surface area contributed by atoms with Gasteiger partial charge < -0.3 is 5.11 Å². The number of aliphatic hydroxyl groups is 1. The normalized spacial score (nSPS) is 23.5. The molecule has 0 bridgehead atoms. The van der Waals surface area contributed by atoms with E-state index in [1.165, 1.54) is 12.0 Å². The highest BCUT2D eigenvalue weighted by Gasteiger charge is 2.29. The van der Waals surface area contributed by atoms with Crippen molar-refractivity contribution >= 4 is 0 Å². The van der Waals surface area contributed by atoms with Crippen LogP contribution >= 0.6 is 0 Å². The highest BCUT2D eigenvalue weighted by molar-refractivity contribution is 5.16. The Labute approximate surface area is 91.5 Å². The maximum absolute atomic E-state index is 9.40. The van der Waals surface area contributed by atoms with E-state index in [1.54, 1.807) is 0 Å². The van der Waals surface area contributed by atoms with Crippen LogP contribution in [0.5, 0.6) is 0 Å². The number of hydrogen-bond acceptors (Lipinski definition) is 2. The molecule has 1 aliphatic heterocycles. The highest BCUT2D eigenvalue weighted by atomic mass is 16.3. The van der Waals surface area contributed by atoms with Crippen molar-refractivity contribution in [1.82, 2.24) is 4.90 Å². The fourth-order valence-electron chi connectivity index (χ4n) is 2.25. The van der Waals surface area contributed by atoms with Gasteiger partial charge in [-0.3, -0.25) is 4.90 Å². The summed E-state index contributed by atoms with van der Waals surface area (Å²) in [6.07, 6.45) is 2.23. The molecule has 1 heterocycles. The fraction of sp³-hybridized carbons (Fsp3) is 0.538. The van der Waals surface area contributed by atoms with Crippen molar-refractivity contribution in [3.63, 3.8) is 0 Å². The smallest absolute Gasteiger partial charge is 0.0590 e. The molecule has 1 fully saturated rings. The Kier molecular flexibility index (Phi) is 3.39. The lowest BCUT2D eigenvalue weighted by molar-refractivity contribution is 0.0228. The third kappa shape index (κ3) is 2.39. The van der Waals surface area contributed by atoms with Crippen LogP contribution < -0.4 is 0 Å². The van der Waals surface area contributed by atoms with Gasteiger partial charge in [-0.25, -0.2) is 0 Å². The molecule has 0 aromatic heterocycles. The van der Waals surface area contributed by atoms with Crippen molar-refractivity contribution in [2.24, 2.45) is 0 Å². The molecule has 1 aliphatic rings. The summed E-state index contributed by atoms with van der Waals surface area (Å²) in [4.78, 5) is 2.40. The predicted octanol–water partition coefficient (Wildman–Crippen LogP) is 1.68. The minimum absolute atomic E-state index is 0.263. The Bertz CT molecular complexity index is 299. The molecule has 82 valence electrons. The summed E-state index contributed by atoms with van der Waals surface area (Å²) in [5.74, 6) is 0. The second-order valence-electron chi connectivity index (χ2n) is 4.40. The Morgan fingerprint density at radius 2 is 2.13 bits per heavy atom. The molecule has 0 saturated carbocycles. The van der Waals surface area contributed by atoms with E-state index in [4.69, 9.17) is 0 Å². The number of hydrogen-bond donors (Lipinski definition) is 1. The van der Waals surface area contributed by atoms with Gasteiger partial charge in [-0.2, -0.15) is 0 Å². The Morgan fingerprint density at radius 1 is 1.40 bits per heavy atom. The molecular formula is C13H19NO. The molecule has 2 nitrogen and oxygen atoms in total. The summed E-state index contributed by atoms with van der Waals surface area (Å²) in [6.45, 7) is 3.63. The van der Waals surface area contributed by atoms with Crippen LogP contribution in [0.4, 0.5) is 0 Å². The average Bonchev–Trinajstić information content (AvgIpc) is 2.27. The van der Waals surface area contributed by atoms with E-state index in [1.807, 2.05) is 6.07 Å². The number of benzene rings is 1. The molecule has 0 aliphatic carbocycles. The zero-order valence-corrected chi connectivity index (χ0v) is 9.26. The van der Waals surface area contributed by atoms with Crippen molar-refractivity contribution in [1.29, 1.82) is 0 Å². The summed E-state index contributed by atoms with van der Waals surface area (Å²) in [6, 6.07) is 11.4. The van der Waals surface area contributed by atoms with Crippen LogP contribution in [0.3, 0.4) is 0 Å². The zero-order chi connectivity index (χ0) is 10.7. The highest BCUT2D eigenvalue weighted by Crippen LogP contribution is 2.21. The van der Waals surface area contributed by atoms with E-state index in [-0.39, 0.29) is 6.61 Å². The molecule has 0 amide bonds. The molecule has 0 spiro atoms. The van der Waals surface area contributed by atoms with Crippen LogP contribution in [-0.2, 0) is 6.42 Å². The number of likely N-dealkylation sites (tertiary alicyclic amines) is 1. The third-order valence-corrected chi connectivity index (χ3v) is 3.37. The van der Waals surface area contributed by atoms with Crippen molar-refractivity contribution in [2.45, 2.75) is 31.8 Å². The van der Waals surface area contributed by atoms with E-state index in [9.17, 15) is 5.11 Å². The SMILES string of the molecule is CC1CCN1[C@@H](CO)Cc1ccccc1. The van der Waals surface area contributed by atoms with E-state index in [0.29, 0.717) is 12.1 Å². The van der Waals surface area contributed by atoms with Crippen molar-refractivity contribution in [3.05, 3.63) is 35.9 Å². The molecular weight excluding hydrogens is 186 g/mol. The topological polar surface area (TPSA) is 23.5 Å². The summed E-state index contributed by atoms with van der Waals surface area (Å²) in [7, 11) is 0. The van der Waals surface area contributed by atoms with Gasteiger partial charge in [-0.1, -0.05) is 30.3 Å². The molecule has 2 atom stereocenters. The van der Waals surface area contributed by atoms with Crippen LogP contribution in [0, 0.1) is 0 Å². The van der Waals surface area contributed by atoms with Gasteiger partial charge in [0, 0.05) is 18.6 Å². The Hall–Kier alpha value is -0.860. The number of rotatable bonds is 4. The van der Waals surface area contributed by atoms with Crippen molar-refractivity contribution in [2.75, 3.05) is 13.2 Å². The second kappa shape index (κ2) is 4.77. The third-order valence-electron chi connectivity index (χ3n) is 3.37. The lowest BCUT2D eigenvalue weighted by Crippen LogP contribution is -2.53. The molecule has 1 N–H and O–H groups in total. The van der Waals surface area contributed by atoms with E-state index >= 15 is 0 Å². The largest absolute Gasteiger partial charge is 0.395 e. The lowest BCUT2D eigenvalue weighted by atomic mass is 9.97. The van der Waals surface area contributed by atoms with E-state index < -0.39 is 0 Å². The van der Waals surface area contributed by atoms with Gasteiger partial charge in [-0.15, -0.1) is 0 Å². The molecule has 1 saturated heterocycles. The fourth-order valence-corrected chi connectivity index (χ4v) is 2.25. The molecule has 2 rings (SSSR count). The number of aliphatic hydroxyl groups excluding tert-OH is 1. The van der Waals surface area contributed by atoms with Gasteiger partial charge in [-0.05, 0) is 25.3 Å². The minimum atomic E-state index is 0.263. The molecule has 1 aromatic carbocycles. The summed E-state index contributed by atoms with van der Waals surface area (Å²) in [5, 5.41) is 9.40. The Morgan fingerprint density at radius 3 is 2.60 bits per heavy atom. The maximum Gasteiger partial charge on any atom is 0.0590 e.